The van der Waals surface area contributed by atoms with Gasteiger partial charge in [0.15, 0.2) is 0 Å². The van der Waals surface area contributed by atoms with Gasteiger partial charge in [0, 0.05) is 41.6 Å². The molecule has 11 heteroatoms. The quantitative estimate of drug-likeness (QED) is 0.375. The van der Waals surface area contributed by atoms with Crippen molar-refractivity contribution in [1.82, 2.24) is 14.1 Å². The molecule has 1 aliphatic heterocycles. The Hall–Kier alpha value is -2.59. The lowest BCUT2D eigenvalue weighted by molar-refractivity contribution is 0.242. The van der Waals surface area contributed by atoms with Gasteiger partial charge in [-0.1, -0.05) is 48.3 Å². The second-order valence-corrected chi connectivity index (χ2v) is 13.2. The Bertz CT molecular complexity index is 1470. The summed E-state index contributed by atoms with van der Waals surface area (Å²) in [5.41, 5.74) is 1.76. The summed E-state index contributed by atoms with van der Waals surface area (Å²) in [5, 5.41) is 5.53. The van der Waals surface area contributed by atoms with Gasteiger partial charge in [-0.2, -0.15) is 14.1 Å². The van der Waals surface area contributed by atoms with Crippen LogP contribution in [0, 0.1) is 5.41 Å². The van der Waals surface area contributed by atoms with Crippen molar-refractivity contribution in [1.29, 1.82) is 0 Å². The van der Waals surface area contributed by atoms with Gasteiger partial charge in [0.2, 0.25) is 15.8 Å². The molecule has 2 aromatic carbocycles. The summed E-state index contributed by atoms with van der Waals surface area (Å²) in [6, 6.07) is 14.2. The lowest BCUT2D eigenvalue weighted by Crippen LogP contribution is -2.50. The molecule has 38 heavy (non-hydrogen) atoms. The zero-order valence-corrected chi connectivity index (χ0v) is 23.5. The van der Waals surface area contributed by atoms with Crippen molar-refractivity contribution < 1.29 is 13.2 Å². The molecule has 8 nitrogen and oxygen atoms in total. The smallest absolute Gasteiger partial charge is 0.316 e. The van der Waals surface area contributed by atoms with E-state index in [9.17, 15) is 13.2 Å². The van der Waals surface area contributed by atoms with E-state index in [1.165, 1.54) is 8.99 Å². The molecular weight excluding hydrogens is 547 g/mol. The van der Waals surface area contributed by atoms with Gasteiger partial charge in [-0.15, -0.1) is 0 Å². The molecular formula is C27H30Cl2N4O4S. The Kier molecular flexibility index (Phi) is 7.73. The monoisotopic (exact) mass is 576 g/mol. The third kappa shape index (κ3) is 6.17. The zero-order valence-electron chi connectivity index (χ0n) is 21.1. The van der Waals surface area contributed by atoms with Crippen LogP contribution in [0.1, 0.15) is 25.3 Å². The van der Waals surface area contributed by atoms with E-state index in [4.69, 9.17) is 27.9 Å². The summed E-state index contributed by atoms with van der Waals surface area (Å²) in [7, 11) is -3.44. The number of hydrogen-bond acceptors (Lipinski definition) is 6. The van der Waals surface area contributed by atoms with Crippen LogP contribution < -0.4 is 15.2 Å². The van der Waals surface area contributed by atoms with E-state index in [0.29, 0.717) is 60.6 Å². The largest absolute Gasteiger partial charge is 0.486 e. The molecule has 2 fully saturated rings. The van der Waals surface area contributed by atoms with E-state index in [1.807, 2.05) is 17.0 Å². The molecule has 5 rings (SSSR count). The molecule has 0 unspecified atom stereocenters. The first-order chi connectivity index (χ1) is 18.1. The van der Waals surface area contributed by atoms with Gasteiger partial charge in [0.05, 0.1) is 24.2 Å². The topological polar surface area (TPSA) is 84.7 Å². The van der Waals surface area contributed by atoms with Crippen molar-refractivity contribution in [3.8, 4) is 11.4 Å². The molecule has 0 spiro atoms. The van der Waals surface area contributed by atoms with Gasteiger partial charge < -0.3 is 9.64 Å². The Morgan fingerprint density at radius 2 is 1.71 bits per heavy atom. The molecule has 1 aliphatic carbocycles. The van der Waals surface area contributed by atoms with Crippen LogP contribution in [-0.2, 0) is 16.4 Å². The predicted octanol–water partition coefficient (Wildman–Crippen LogP) is 4.41. The third-order valence-corrected chi connectivity index (χ3v) is 9.53. The highest BCUT2D eigenvalue weighted by molar-refractivity contribution is 7.89. The van der Waals surface area contributed by atoms with Crippen molar-refractivity contribution in [3.05, 3.63) is 80.7 Å². The van der Waals surface area contributed by atoms with E-state index in [1.54, 1.807) is 42.6 Å². The van der Waals surface area contributed by atoms with Crippen molar-refractivity contribution in [2.24, 2.45) is 5.41 Å². The third-order valence-electron chi connectivity index (χ3n) is 7.17. The number of ether oxygens (including phenoxy) is 1. The maximum atomic E-state index is 13.5. The minimum atomic E-state index is -3.44. The predicted molar refractivity (Wildman–Crippen MR) is 150 cm³/mol. The molecule has 3 aromatic rings. The fraction of sp³-hybridized carbons (Fsp3) is 0.407. The van der Waals surface area contributed by atoms with Gasteiger partial charge in [-0.3, -0.25) is 4.79 Å². The van der Waals surface area contributed by atoms with E-state index in [-0.39, 0.29) is 22.5 Å². The number of hydrogen-bond donors (Lipinski definition) is 0. The van der Waals surface area contributed by atoms with Crippen LogP contribution in [0.25, 0.3) is 5.69 Å². The number of anilines is 1. The highest BCUT2D eigenvalue weighted by Gasteiger charge is 2.39. The lowest BCUT2D eigenvalue weighted by Gasteiger charge is -2.35. The first-order valence-electron chi connectivity index (χ1n) is 12.6. The highest BCUT2D eigenvalue weighted by atomic mass is 35.5. The van der Waals surface area contributed by atoms with Crippen LogP contribution in [0.4, 0.5) is 5.69 Å². The van der Waals surface area contributed by atoms with E-state index >= 15 is 0 Å². The highest BCUT2D eigenvalue weighted by Crippen LogP contribution is 2.45. The van der Waals surface area contributed by atoms with Gasteiger partial charge in [0.1, 0.15) is 5.69 Å². The van der Waals surface area contributed by atoms with Crippen LogP contribution in [0.5, 0.6) is 5.75 Å². The number of piperazine rings is 1. The summed E-state index contributed by atoms with van der Waals surface area (Å²) in [6.07, 6.45) is 4.16. The Labute approximate surface area is 232 Å². The SMILES string of the molecule is CC1(COc2c(N3CCN(S(=O)(=O)CCc4ccc(Cl)cc4)CC3)cnn(-c3cccc(Cl)c3)c2=O)CC1. The minimum absolute atomic E-state index is 0.0266. The maximum Gasteiger partial charge on any atom is 0.316 e. The molecule has 2 aliphatic rings. The molecule has 1 aromatic heterocycles. The fourth-order valence-corrected chi connectivity index (χ4v) is 6.20. The molecule has 1 saturated carbocycles. The normalized spacial score (nSPS) is 17.4. The van der Waals surface area contributed by atoms with Gasteiger partial charge in [0.25, 0.3) is 0 Å². The lowest BCUT2D eigenvalue weighted by atomic mass is 10.2. The summed E-state index contributed by atoms with van der Waals surface area (Å²) in [6.45, 7) is 4.06. The summed E-state index contributed by atoms with van der Waals surface area (Å²) in [4.78, 5) is 15.5. The van der Waals surface area contributed by atoms with Crippen LogP contribution >= 0.6 is 23.2 Å². The zero-order chi connectivity index (χ0) is 26.9. The standard InChI is InChI=1S/C27H30Cl2N4O4S/c1-27(10-11-27)19-37-25-24(18-30-33(26(25)34)23-4-2-3-22(29)17-23)31-12-14-32(15-13-31)38(35,36)16-9-20-5-7-21(28)8-6-20/h2-8,17-18H,9-16,19H2,1H3. The summed E-state index contributed by atoms with van der Waals surface area (Å²) >= 11 is 12.1. The molecule has 0 radical (unpaired) electrons. The van der Waals surface area contributed by atoms with Crippen LogP contribution in [0.15, 0.2) is 59.5 Å². The Morgan fingerprint density at radius 1 is 1.00 bits per heavy atom. The second kappa shape index (κ2) is 10.9. The second-order valence-electron chi connectivity index (χ2n) is 10.2. The minimum Gasteiger partial charge on any atom is -0.486 e. The Balaban J connectivity index is 1.32. The van der Waals surface area contributed by atoms with Gasteiger partial charge >= 0.3 is 5.56 Å². The van der Waals surface area contributed by atoms with Crippen LogP contribution in [-0.4, -0.2) is 61.0 Å². The van der Waals surface area contributed by atoms with E-state index in [0.717, 1.165) is 18.4 Å². The summed E-state index contributed by atoms with van der Waals surface area (Å²) < 4.78 is 35.0. The average Bonchev–Trinajstić information content (AvgIpc) is 3.64. The Morgan fingerprint density at radius 3 is 2.37 bits per heavy atom. The van der Waals surface area contributed by atoms with E-state index in [2.05, 4.69) is 12.0 Å². The molecule has 0 bridgehead atoms. The number of halogens is 2. The first-order valence-corrected chi connectivity index (χ1v) is 15.0. The first kappa shape index (κ1) is 27.0. The molecule has 0 N–H and O–H groups in total. The van der Waals surface area contributed by atoms with Crippen molar-refractivity contribution >= 4 is 38.9 Å². The van der Waals surface area contributed by atoms with Crippen molar-refractivity contribution in [3.63, 3.8) is 0 Å². The van der Waals surface area contributed by atoms with Crippen LogP contribution in [0.3, 0.4) is 0 Å². The summed E-state index contributed by atoms with van der Waals surface area (Å²) in [5.74, 6) is 0.255. The van der Waals surface area contributed by atoms with Crippen LogP contribution in [0.2, 0.25) is 10.0 Å². The molecule has 202 valence electrons. The number of benzene rings is 2. The number of aryl methyl sites for hydroxylation is 1. The molecule has 1 saturated heterocycles. The number of sulfonamides is 1. The van der Waals surface area contributed by atoms with Crippen molar-refractivity contribution in [2.75, 3.05) is 43.4 Å². The van der Waals surface area contributed by atoms with Gasteiger partial charge in [-0.05, 0) is 55.2 Å². The maximum absolute atomic E-state index is 13.5. The number of aromatic nitrogens is 2. The fourth-order valence-electron chi connectivity index (χ4n) is 4.42. The molecule has 2 heterocycles. The van der Waals surface area contributed by atoms with E-state index < -0.39 is 10.0 Å². The molecule has 0 atom stereocenters. The van der Waals surface area contributed by atoms with Crippen molar-refractivity contribution in [2.45, 2.75) is 26.2 Å². The van der Waals surface area contributed by atoms with Gasteiger partial charge in [-0.25, -0.2) is 8.42 Å². The number of rotatable bonds is 9. The number of nitrogens with zero attached hydrogens (tertiary/aromatic N) is 4. The average molecular weight is 578 g/mol. The molecule has 0 amide bonds.